The van der Waals surface area contributed by atoms with Crippen molar-refractivity contribution in [1.82, 2.24) is 10.6 Å². The average Bonchev–Trinajstić information content (AvgIpc) is 3.16. The third-order valence-electron chi connectivity index (χ3n) is 4.70. The van der Waals surface area contributed by atoms with Gasteiger partial charge in [-0.1, -0.05) is 13.0 Å². The summed E-state index contributed by atoms with van der Waals surface area (Å²) in [6.45, 7) is 2.95. The Hall–Kier alpha value is -1.07. The van der Waals surface area contributed by atoms with Crippen molar-refractivity contribution in [2.24, 2.45) is 5.92 Å². The third-order valence-corrected chi connectivity index (χ3v) is 5.68. The molecule has 1 aliphatic carbocycles. The van der Waals surface area contributed by atoms with Gasteiger partial charge in [0.2, 0.25) is 0 Å². The van der Waals surface area contributed by atoms with Crippen molar-refractivity contribution in [2.75, 3.05) is 6.61 Å². The highest BCUT2D eigenvalue weighted by molar-refractivity contribution is 7.10. The van der Waals surface area contributed by atoms with Gasteiger partial charge in [-0.25, -0.2) is 4.79 Å². The minimum absolute atomic E-state index is 0.0344. The van der Waals surface area contributed by atoms with Crippen LogP contribution in [0.25, 0.3) is 0 Å². The molecule has 0 spiro atoms. The van der Waals surface area contributed by atoms with E-state index in [1.165, 1.54) is 4.88 Å². The molecule has 1 saturated heterocycles. The van der Waals surface area contributed by atoms with Crippen LogP contribution in [0.15, 0.2) is 17.5 Å². The van der Waals surface area contributed by atoms with Gasteiger partial charge in [-0.3, -0.25) is 0 Å². The highest BCUT2D eigenvalue weighted by atomic mass is 32.1. The van der Waals surface area contributed by atoms with Crippen LogP contribution in [0.5, 0.6) is 0 Å². The van der Waals surface area contributed by atoms with Gasteiger partial charge in [0.15, 0.2) is 0 Å². The summed E-state index contributed by atoms with van der Waals surface area (Å²) in [6, 6.07) is 4.47. The highest BCUT2D eigenvalue weighted by Crippen LogP contribution is 2.34. The zero-order valence-corrected chi connectivity index (χ0v) is 13.3. The molecule has 2 N–H and O–H groups in total. The lowest BCUT2D eigenvalue weighted by atomic mass is 9.82. The fourth-order valence-corrected chi connectivity index (χ4v) is 4.45. The molecule has 4 atom stereocenters. The number of rotatable bonds is 4. The zero-order chi connectivity index (χ0) is 14.7. The van der Waals surface area contributed by atoms with Gasteiger partial charge in [0.25, 0.3) is 0 Å². The number of carbonyl (C=O) groups excluding carboxylic acids is 1. The average molecular weight is 308 g/mol. The summed E-state index contributed by atoms with van der Waals surface area (Å²) in [5.74, 6) is 0.506. The second-order valence-electron chi connectivity index (χ2n) is 5.99. The fraction of sp³-hybridized carbons (Fsp3) is 0.688. The van der Waals surface area contributed by atoms with Crippen molar-refractivity contribution in [3.8, 4) is 0 Å². The van der Waals surface area contributed by atoms with E-state index >= 15 is 0 Å². The maximum absolute atomic E-state index is 12.3. The lowest BCUT2D eigenvalue weighted by molar-refractivity contribution is 0.0549. The molecule has 1 aliphatic heterocycles. The molecule has 0 bridgehead atoms. The molecule has 0 radical (unpaired) electrons. The number of hydrogen-bond acceptors (Lipinski definition) is 3. The Balaban J connectivity index is 1.56. The fourth-order valence-electron chi connectivity index (χ4n) is 3.59. The van der Waals surface area contributed by atoms with Crippen LogP contribution in [0.2, 0.25) is 0 Å². The Morgan fingerprint density at radius 1 is 1.48 bits per heavy atom. The molecule has 3 rings (SSSR count). The number of nitrogens with one attached hydrogen (secondary N) is 2. The van der Waals surface area contributed by atoms with Crippen LogP contribution in [0.3, 0.4) is 0 Å². The van der Waals surface area contributed by atoms with Gasteiger partial charge in [0.05, 0.1) is 12.1 Å². The molecule has 1 aromatic heterocycles. The number of amides is 2. The normalized spacial score (nSPS) is 29.7. The second-order valence-corrected chi connectivity index (χ2v) is 6.97. The molecule has 2 amide bonds. The number of thiophene rings is 1. The lowest BCUT2D eigenvalue weighted by Gasteiger charge is -2.33. The van der Waals surface area contributed by atoms with Gasteiger partial charge >= 0.3 is 6.03 Å². The standard InChI is InChI=1S/C16H24N2O2S/c1-2-12(15-7-4-10-21-15)17-16(19)18-13-5-3-6-14-11(13)8-9-20-14/h4,7,10-14H,2-3,5-6,8-9H2,1H3,(H2,17,18,19)/t11-,12+,13-,14+/m1/s1. The molecular weight excluding hydrogens is 284 g/mol. The van der Waals surface area contributed by atoms with Crippen LogP contribution < -0.4 is 10.6 Å². The number of urea groups is 1. The molecule has 4 nitrogen and oxygen atoms in total. The maximum Gasteiger partial charge on any atom is 0.315 e. The molecule has 21 heavy (non-hydrogen) atoms. The summed E-state index contributed by atoms with van der Waals surface area (Å²) in [5, 5.41) is 8.36. The molecule has 2 heterocycles. The van der Waals surface area contributed by atoms with Gasteiger partial charge in [0, 0.05) is 23.4 Å². The summed E-state index contributed by atoms with van der Waals surface area (Å²) in [6.07, 6.45) is 5.73. The first-order valence-electron chi connectivity index (χ1n) is 8.00. The van der Waals surface area contributed by atoms with Crippen LogP contribution >= 0.6 is 11.3 Å². The van der Waals surface area contributed by atoms with Crippen molar-refractivity contribution >= 4 is 17.4 Å². The smallest absolute Gasteiger partial charge is 0.315 e. The summed E-state index contributed by atoms with van der Waals surface area (Å²) in [5.41, 5.74) is 0. The number of carbonyl (C=O) groups is 1. The van der Waals surface area contributed by atoms with Gasteiger partial charge in [-0.05, 0) is 43.6 Å². The first-order valence-corrected chi connectivity index (χ1v) is 8.88. The van der Waals surface area contributed by atoms with Crippen molar-refractivity contribution in [1.29, 1.82) is 0 Å². The predicted molar refractivity (Wildman–Crippen MR) is 84.5 cm³/mol. The molecule has 0 unspecified atom stereocenters. The van der Waals surface area contributed by atoms with Crippen LogP contribution in [0.1, 0.15) is 49.9 Å². The van der Waals surface area contributed by atoms with E-state index in [-0.39, 0.29) is 18.1 Å². The summed E-state index contributed by atoms with van der Waals surface area (Å²) in [4.78, 5) is 13.5. The van der Waals surface area contributed by atoms with Gasteiger partial charge in [0.1, 0.15) is 0 Å². The van der Waals surface area contributed by atoms with Crippen LogP contribution in [0, 0.1) is 5.92 Å². The van der Waals surface area contributed by atoms with Crippen molar-refractivity contribution < 1.29 is 9.53 Å². The number of fused-ring (bicyclic) bond motifs is 1. The molecule has 2 fully saturated rings. The van der Waals surface area contributed by atoms with Crippen molar-refractivity contribution in [2.45, 2.75) is 57.2 Å². The Bertz CT molecular complexity index is 463. The summed E-state index contributed by atoms with van der Waals surface area (Å²) in [7, 11) is 0. The van der Waals surface area contributed by atoms with E-state index in [9.17, 15) is 4.79 Å². The van der Waals surface area contributed by atoms with Gasteiger partial charge in [-0.2, -0.15) is 0 Å². The Morgan fingerprint density at radius 3 is 3.14 bits per heavy atom. The van der Waals surface area contributed by atoms with Crippen molar-refractivity contribution in [3.05, 3.63) is 22.4 Å². The summed E-state index contributed by atoms with van der Waals surface area (Å²) >= 11 is 1.70. The van der Waals surface area contributed by atoms with E-state index in [0.717, 1.165) is 38.7 Å². The van der Waals surface area contributed by atoms with E-state index in [4.69, 9.17) is 4.74 Å². The quantitative estimate of drug-likeness (QED) is 0.895. The van der Waals surface area contributed by atoms with E-state index in [2.05, 4.69) is 29.0 Å². The Morgan fingerprint density at radius 2 is 2.38 bits per heavy atom. The monoisotopic (exact) mass is 308 g/mol. The zero-order valence-electron chi connectivity index (χ0n) is 12.5. The molecule has 1 saturated carbocycles. The van der Waals surface area contributed by atoms with Crippen LogP contribution in [-0.2, 0) is 4.74 Å². The molecule has 5 heteroatoms. The predicted octanol–water partition coefficient (Wildman–Crippen LogP) is 3.46. The van der Waals surface area contributed by atoms with Gasteiger partial charge < -0.3 is 15.4 Å². The molecular formula is C16H24N2O2S. The highest BCUT2D eigenvalue weighted by Gasteiger charge is 2.38. The SMILES string of the molecule is CC[C@H](NC(=O)N[C@@H]1CCC[C@@H]2OCC[C@@H]21)c1cccs1. The molecule has 116 valence electrons. The lowest BCUT2D eigenvalue weighted by Crippen LogP contribution is -2.49. The molecule has 2 aliphatic rings. The minimum Gasteiger partial charge on any atom is -0.378 e. The number of ether oxygens (including phenoxy) is 1. The minimum atomic E-state index is -0.0344. The van der Waals surface area contributed by atoms with Crippen molar-refractivity contribution in [3.63, 3.8) is 0 Å². The van der Waals surface area contributed by atoms with Gasteiger partial charge in [-0.15, -0.1) is 11.3 Å². The van der Waals surface area contributed by atoms with E-state index < -0.39 is 0 Å². The second kappa shape index (κ2) is 6.79. The largest absolute Gasteiger partial charge is 0.378 e. The Kier molecular flexibility index (Phi) is 4.80. The summed E-state index contributed by atoms with van der Waals surface area (Å²) < 4.78 is 5.76. The van der Waals surface area contributed by atoms with Crippen LogP contribution in [0.4, 0.5) is 4.79 Å². The first kappa shape index (κ1) is 14.9. The third kappa shape index (κ3) is 3.40. The topological polar surface area (TPSA) is 50.4 Å². The van der Waals surface area contributed by atoms with Crippen LogP contribution in [-0.4, -0.2) is 24.8 Å². The van der Waals surface area contributed by atoms with E-state index in [1.54, 1.807) is 11.3 Å². The molecule has 1 aromatic rings. The molecule has 0 aromatic carbocycles. The first-order chi connectivity index (χ1) is 10.3. The van der Waals surface area contributed by atoms with E-state index in [0.29, 0.717) is 12.0 Å². The van der Waals surface area contributed by atoms with E-state index in [1.807, 2.05) is 6.07 Å². The maximum atomic E-state index is 12.3. The number of hydrogen-bond donors (Lipinski definition) is 2. The Labute approximate surface area is 130 Å².